The normalized spacial score (nSPS) is 14.2. The first-order valence-corrected chi connectivity index (χ1v) is 15.7. The Morgan fingerprint density at radius 2 is 1.44 bits per heavy atom. The molecular formula is C30H28Cl2NTi-. The third-order valence-corrected chi connectivity index (χ3v) is 6.56. The molecule has 0 saturated carbocycles. The number of benzene rings is 4. The number of hydrogen-bond donors (Lipinski definition) is 0. The fraction of sp³-hybridized carbons (Fsp3) is 0.200. The fourth-order valence-corrected chi connectivity index (χ4v) is 5.27. The van der Waals surface area contributed by atoms with Crippen molar-refractivity contribution in [2.24, 2.45) is 0 Å². The summed E-state index contributed by atoms with van der Waals surface area (Å²) in [5.74, 6) is 0.297. The van der Waals surface area contributed by atoms with Gasteiger partial charge < -0.3 is 5.32 Å². The van der Waals surface area contributed by atoms with Crippen LogP contribution < -0.4 is 0 Å². The fourth-order valence-electron chi connectivity index (χ4n) is 5.27. The zero-order valence-electron chi connectivity index (χ0n) is 20.0. The van der Waals surface area contributed by atoms with Crippen LogP contribution in [0, 0.1) is 20.8 Å². The van der Waals surface area contributed by atoms with Gasteiger partial charge in [0.05, 0.1) is 0 Å². The first kappa shape index (κ1) is 25.1. The van der Waals surface area contributed by atoms with Crippen molar-refractivity contribution in [1.82, 2.24) is 0 Å². The second-order valence-corrected chi connectivity index (χ2v) is 11.5. The van der Waals surface area contributed by atoms with Gasteiger partial charge in [0.2, 0.25) is 0 Å². The Labute approximate surface area is 219 Å². The van der Waals surface area contributed by atoms with Crippen LogP contribution in [-0.4, -0.2) is 0 Å². The molecule has 1 aliphatic rings. The molecular weight excluding hydrogens is 493 g/mol. The Hall–Kier alpha value is -2.03. The molecule has 1 aliphatic carbocycles. The maximum absolute atomic E-state index is 5.16. The van der Waals surface area contributed by atoms with Crippen LogP contribution in [-0.2, 0) is 23.6 Å². The molecule has 0 N–H and O–H groups in total. The molecule has 4 aromatic carbocycles. The van der Waals surface area contributed by atoms with Crippen molar-refractivity contribution in [3.8, 4) is 0 Å². The van der Waals surface area contributed by atoms with Crippen molar-refractivity contribution in [3.63, 3.8) is 0 Å². The summed E-state index contributed by atoms with van der Waals surface area (Å²) in [7, 11) is 9.78. The Morgan fingerprint density at radius 3 is 2.18 bits per heavy atom. The molecule has 0 spiro atoms. The Balaban J connectivity index is 0.000000868. The van der Waals surface area contributed by atoms with Gasteiger partial charge in [-0.2, -0.15) is 0 Å². The molecule has 1 atom stereocenters. The van der Waals surface area contributed by atoms with Gasteiger partial charge >= 0.3 is 35.6 Å². The summed E-state index contributed by atoms with van der Waals surface area (Å²) in [6.45, 7) is 9.44. The summed E-state index contributed by atoms with van der Waals surface area (Å²) < 4.78 is 0. The third-order valence-electron chi connectivity index (χ3n) is 6.56. The molecule has 0 aromatic heterocycles. The van der Waals surface area contributed by atoms with Gasteiger partial charge in [-0.05, 0) is 55.2 Å². The van der Waals surface area contributed by atoms with E-state index in [4.69, 9.17) is 23.9 Å². The van der Waals surface area contributed by atoms with Gasteiger partial charge in [0.25, 0.3) is 0 Å². The van der Waals surface area contributed by atoms with E-state index >= 15 is 0 Å². The molecule has 0 aliphatic heterocycles. The molecule has 1 nitrogen and oxygen atoms in total. The molecule has 0 saturated heterocycles. The van der Waals surface area contributed by atoms with E-state index in [1.807, 2.05) is 0 Å². The van der Waals surface area contributed by atoms with E-state index in [-0.39, 0.29) is 0 Å². The van der Waals surface area contributed by atoms with Crippen molar-refractivity contribution in [2.75, 3.05) is 0 Å². The van der Waals surface area contributed by atoms with Crippen LogP contribution in [0.1, 0.15) is 51.8 Å². The summed E-state index contributed by atoms with van der Waals surface area (Å²) in [5, 5.41) is 7.75. The Kier molecular flexibility index (Phi) is 8.22. The summed E-state index contributed by atoms with van der Waals surface area (Å²) in [6.07, 6.45) is 2.34. The molecule has 0 radical (unpaired) electrons. The molecule has 0 amide bonds. The van der Waals surface area contributed by atoms with Crippen LogP contribution in [0.15, 0.2) is 78.4 Å². The van der Waals surface area contributed by atoms with Crippen molar-refractivity contribution in [2.45, 2.75) is 40.2 Å². The van der Waals surface area contributed by atoms with E-state index in [2.05, 4.69) is 107 Å². The van der Waals surface area contributed by atoms with E-state index in [1.165, 1.54) is 55.3 Å². The monoisotopic (exact) mass is 520 g/mol. The summed E-state index contributed by atoms with van der Waals surface area (Å²) in [6, 6.07) is 26.6. The molecule has 4 heteroatoms. The van der Waals surface area contributed by atoms with Gasteiger partial charge in [-0.25, -0.2) is 0 Å². The van der Waals surface area contributed by atoms with Crippen molar-refractivity contribution in [1.29, 1.82) is 0 Å². The standard InChI is InChI=1S/C30H28N.2ClH.Ti/c1-19-15-21(3)30(22(4)16-19)31-18-28-25-11-7-5-9-23(25)13-14-27(28)29-20(2)17-24-10-6-8-12-26(24)29;;;/h5-17,29H,18H2,1-4H3;2*1H;/q-1;;;+2/p-2. The number of nitrogens with zero attached hydrogens (tertiary/aromatic N) is 1. The van der Waals surface area contributed by atoms with E-state index in [9.17, 15) is 0 Å². The van der Waals surface area contributed by atoms with Crippen LogP contribution in [0.4, 0.5) is 5.69 Å². The predicted molar refractivity (Wildman–Crippen MR) is 145 cm³/mol. The minimum absolute atomic E-state index is 0.297. The van der Waals surface area contributed by atoms with E-state index in [0.717, 1.165) is 5.69 Å². The first-order chi connectivity index (χ1) is 16.4. The maximum atomic E-state index is 5.16. The van der Waals surface area contributed by atoms with Gasteiger partial charge in [0.15, 0.2) is 0 Å². The number of hydrogen-bond acceptors (Lipinski definition) is 0. The average Bonchev–Trinajstić information content (AvgIpc) is 3.14. The van der Waals surface area contributed by atoms with Crippen LogP contribution in [0.25, 0.3) is 22.2 Å². The summed E-state index contributed by atoms with van der Waals surface area (Å²) in [4.78, 5) is 0. The molecule has 172 valence electrons. The van der Waals surface area contributed by atoms with E-state index in [0.29, 0.717) is 12.5 Å². The minimum atomic E-state index is -0.556. The molecule has 0 bridgehead atoms. The Morgan fingerprint density at radius 1 is 0.794 bits per heavy atom. The molecule has 34 heavy (non-hydrogen) atoms. The SMILES string of the molecule is CC1=Cc2ccccc2C1c1ccc2ccccc2c1C[N-]c1c(C)cc(C)cc1C.[Cl][Ti][Cl]. The number of fused-ring (bicyclic) bond motifs is 2. The molecule has 1 unspecified atom stereocenters. The number of aryl methyl sites for hydroxylation is 3. The summed E-state index contributed by atoms with van der Waals surface area (Å²) >= 11 is -0.556. The van der Waals surface area contributed by atoms with Crippen molar-refractivity contribution >= 4 is 41.1 Å². The second kappa shape index (κ2) is 11.1. The third kappa shape index (κ3) is 5.14. The number of rotatable bonds is 4. The van der Waals surface area contributed by atoms with E-state index < -0.39 is 17.0 Å². The van der Waals surface area contributed by atoms with Crippen LogP contribution in [0.3, 0.4) is 0 Å². The summed E-state index contributed by atoms with van der Waals surface area (Å²) in [5.41, 5.74) is 11.8. The van der Waals surface area contributed by atoms with Gasteiger partial charge in [-0.15, -0.1) is 12.2 Å². The number of allylic oxidation sites excluding steroid dienone is 1. The van der Waals surface area contributed by atoms with Gasteiger partial charge in [-0.3, -0.25) is 0 Å². The topological polar surface area (TPSA) is 14.1 Å². The van der Waals surface area contributed by atoms with Crippen molar-refractivity contribution in [3.05, 3.63) is 123 Å². The van der Waals surface area contributed by atoms with Crippen LogP contribution in [0.5, 0.6) is 0 Å². The van der Waals surface area contributed by atoms with Gasteiger partial charge in [0.1, 0.15) is 0 Å². The van der Waals surface area contributed by atoms with Gasteiger partial charge in [-0.1, -0.05) is 107 Å². The zero-order valence-corrected chi connectivity index (χ0v) is 23.1. The second-order valence-electron chi connectivity index (χ2n) is 8.94. The van der Waals surface area contributed by atoms with Gasteiger partial charge in [0, 0.05) is 5.92 Å². The van der Waals surface area contributed by atoms with Crippen LogP contribution >= 0.6 is 18.6 Å². The molecule has 0 heterocycles. The molecule has 5 rings (SSSR count). The molecule has 0 fully saturated rings. The zero-order chi connectivity index (χ0) is 24.2. The van der Waals surface area contributed by atoms with Crippen molar-refractivity contribution < 1.29 is 17.0 Å². The quantitative estimate of drug-likeness (QED) is 0.237. The Bertz CT molecular complexity index is 1340. The first-order valence-electron chi connectivity index (χ1n) is 11.4. The number of halogens is 2. The van der Waals surface area contributed by atoms with Crippen LogP contribution in [0.2, 0.25) is 0 Å². The van der Waals surface area contributed by atoms with E-state index in [1.54, 1.807) is 0 Å². The average molecular weight is 521 g/mol. The predicted octanol–water partition coefficient (Wildman–Crippen LogP) is 9.90. The molecule has 4 aromatic rings.